The number of nitrogens with one attached hydrogen (secondary N) is 1. The summed E-state index contributed by atoms with van der Waals surface area (Å²) in [4.78, 5) is 17.4. The van der Waals surface area contributed by atoms with Crippen molar-refractivity contribution in [2.24, 2.45) is 0 Å². The highest BCUT2D eigenvalue weighted by Gasteiger charge is 2.25. The van der Waals surface area contributed by atoms with Crippen LogP contribution in [0.3, 0.4) is 0 Å². The maximum atomic E-state index is 12.0. The van der Waals surface area contributed by atoms with Crippen LogP contribution in [0.2, 0.25) is 0 Å². The fourth-order valence-corrected chi connectivity index (χ4v) is 2.99. The fraction of sp³-hybridized carbons (Fsp3) is 0.667. The van der Waals surface area contributed by atoms with Crippen molar-refractivity contribution in [2.45, 2.75) is 13.3 Å². The summed E-state index contributed by atoms with van der Waals surface area (Å²) in [5.74, 6) is 0.510. The lowest BCUT2D eigenvalue weighted by Crippen LogP contribution is -2.34. The third-order valence-electron chi connectivity index (χ3n) is 2.63. The van der Waals surface area contributed by atoms with Crippen molar-refractivity contribution in [3.8, 4) is 0 Å². The standard InChI is InChI=1S/C9H14N4O3S/c1-7-10-8(12-11-7)9(14)13-3-2-5-17(15,16)6-4-13/h2-6H2,1H3,(H,10,11,12). The zero-order valence-corrected chi connectivity index (χ0v) is 10.3. The molecule has 0 atom stereocenters. The minimum atomic E-state index is -3.01. The highest BCUT2D eigenvalue weighted by atomic mass is 32.2. The largest absolute Gasteiger partial charge is 0.335 e. The van der Waals surface area contributed by atoms with Crippen molar-refractivity contribution >= 4 is 15.7 Å². The summed E-state index contributed by atoms with van der Waals surface area (Å²) in [6.07, 6.45) is 0.470. The monoisotopic (exact) mass is 258 g/mol. The van der Waals surface area contributed by atoms with E-state index in [1.165, 1.54) is 4.90 Å². The second kappa shape index (κ2) is 4.44. The Hall–Kier alpha value is -1.44. The van der Waals surface area contributed by atoms with E-state index in [1.54, 1.807) is 6.92 Å². The van der Waals surface area contributed by atoms with E-state index >= 15 is 0 Å². The molecule has 1 saturated heterocycles. The molecule has 0 spiro atoms. The molecule has 0 unspecified atom stereocenters. The number of carbonyl (C=O) groups excluding carboxylic acids is 1. The first-order chi connectivity index (χ1) is 7.98. The number of H-pyrrole nitrogens is 1. The van der Waals surface area contributed by atoms with Crippen LogP contribution in [0.4, 0.5) is 0 Å². The number of rotatable bonds is 1. The molecule has 0 aliphatic carbocycles. The van der Waals surface area contributed by atoms with Crippen LogP contribution in [-0.4, -0.2) is 59.0 Å². The van der Waals surface area contributed by atoms with Gasteiger partial charge in [0.1, 0.15) is 5.82 Å². The molecule has 0 aromatic carbocycles. The first-order valence-electron chi connectivity index (χ1n) is 5.37. The van der Waals surface area contributed by atoms with Crippen molar-refractivity contribution in [2.75, 3.05) is 24.6 Å². The molecule has 8 heteroatoms. The summed E-state index contributed by atoms with van der Waals surface area (Å²) in [6.45, 7) is 2.36. The topological polar surface area (TPSA) is 96.0 Å². The molecule has 1 fully saturated rings. The molecule has 0 radical (unpaired) electrons. The Morgan fingerprint density at radius 2 is 2.12 bits per heavy atom. The molecule has 94 valence electrons. The van der Waals surface area contributed by atoms with E-state index in [0.717, 1.165) is 0 Å². The van der Waals surface area contributed by atoms with Crippen molar-refractivity contribution < 1.29 is 13.2 Å². The minimum absolute atomic E-state index is 0.0160. The van der Waals surface area contributed by atoms with E-state index in [2.05, 4.69) is 15.2 Å². The molecule has 2 rings (SSSR count). The third kappa shape index (κ3) is 2.82. The zero-order chi connectivity index (χ0) is 12.5. The predicted octanol–water partition coefficient (Wildman–Crippen LogP) is -0.626. The summed E-state index contributed by atoms with van der Waals surface area (Å²) >= 11 is 0. The Morgan fingerprint density at radius 1 is 1.35 bits per heavy atom. The molecule has 1 aromatic heterocycles. The Kier molecular flexibility index (Phi) is 3.14. The second-order valence-corrected chi connectivity index (χ2v) is 6.35. The van der Waals surface area contributed by atoms with Crippen molar-refractivity contribution in [3.63, 3.8) is 0 Å². The van der Waals surface area contributed by atoms with E-state index in [1.807, 2.05) is 0 Å². The molecule has 0 bridgehead atoms. The summed E-state index contributed by atoms with van der Waals surface area (Å²) in [7, 11) is -3.01. The molecule has 1 aliphatic rings. The van der Waals surface area contributed by atoms with Gasteiger partial charge in [-0.1, -0.05) is 0 Å². The number of nitrogens with zero attached hydrogens (tertiary/aromatic N) is 3. The Labute approximate surface area is 99.1 Å². The SMILES string of the molecule is Cc1nc(C(=O)N2CCCS(=O)(=O)CC2)n[nH]1. The molecule has 7 nitrogen and oxygen atoms in total. The molecule has 1 N–H and O–H groups in total. The van der Waals surface area contributed by atoms with Gasteiger partial charge in [-0.15, -0.1) is 5.10 Å². The van der Waals surface area contributed by atoms with Crippen LogP contribution in [0.25, 0.3) is 0 Å². The molecule has 2 heterocycles. The summed E-state index contributed by atoms with van der Waals surface area (Å²) in [6, 6.07) is 0. The third-order valence-corrected chi connectivity index (χ3v) is 4.35. The number of sulfone groups is 1. The van der Waals surface area contributed by atoms with Crippen LogP contribution in [-0.2, 0) is 9.84 Å². The summed E-state index contributed by atoms with van der Waals surface area (Å²) in [5.41, 5.74) is 0. The lowest BCUT2D eigenvalue weighted by Gasteiger charge is -2.17. The van der Waals surface area contributed by atoms with Gasteiger partial charge in [0.2, 0.25) is 5.82 Å². The van der Waals surface area contributed by atoms with E-state index in [-0.39, 0.29) is 29.8 Å². The van der Waals surface area contributed by atoms with E-state index in [9.17, 15) is 13.2 Å². The summed E-state index contributed by atoms with van der Waals surface area (Å²) < 4.78 is 22.8. The van der Waals surface area contributed by atoms with Crippen LogP contribution in [0.15, 0.2) is 0 Å². The Balaban J connectivity index is 2.10. The van der Waals surface area contributed by atoms with Gasteiger partial charge in [-0.05, 0) is 13.3 Å². The van der Waals surface area contributed by atoms with Gasteiger partial charge in [-0.25, -0.2) is 13.4 Å². The van der Waals surface area contributed by atoms with Crippen LogP contribution in [0.5, 0.6) is 0 Å². The van der Waals surface area contributed by atoms with Crippen molar-refractivity contribution in [1.82, 2.24) is 20.1 Å². The molecule has 1 amide bonds. The van der Waals surface area contributed by atoms with Gasteiger partial charge < -0.3 is 4.90 Å². The van der Waals surface area contributed by atoms with E-state index in [4.69, 9.17) is 0 Å². The number of amides is 1. The van der Waals surface area contributed by atoms with Crippen LogP contribution in [0.1, 0.15) is 22.9 Å². The average Bonchev–Trinajstić information content (AvgIpc) is 2.60. The molecule has 0 saturated carbocycles. The van der Waals surface area contributed by atoms with Crippen LogP contribution in [0, 0.1) is 6.92 Å². The predicted molar refractivity (Wildman–Crippen MR) is 60.3 cm³/mol. The average molecular weight is 258 g/mol. The van der Waals surface area contributed by atoms with Gasteiger partial charge in [0.15, 0.2) is 9.84 Å². The smallest absolute Gasteiger partial charge is 0.293 e. The van der Waals surface area contributed by atoms with Gasteiger partial charge in [0, 0.05) is 13.1 Å². The number of hydrogen-bond acceptors (Lipinski definition) is 5. The molecule has 1 aromatic rings. The van der Waals surface area contributed by atoms with Gasteiger partial charge >= 0.3 is 0 Å². The van der Waals surface area contributed by atoms with Crippen molar-refractivity contribution in [1.29, 1.82) is 0 Å². The molecule has 17 heavy (non-hydrogen) atoms. The number of carbonyl (C=O) groups is 1. The highest BCUT2D eigenvalue weighted by molar-refractivity contribution is 7.91. The minimum Gasteiger partial charge on any atom is -0.335 e. The normalized spacial score (nSPS) is 19.9. The molecular weight excluding hydrogens is 244 g/mol. The number of aromatic nitrogens is 3. The maximum Gasteiger partial charge on any atom is 0.293 e. The molecular formula is C9H14N4O3S. The lowest BCUT2D eigenvalue weighted by molar-refractivity contribution is 0.0756. The molecule has 1 aliphatic heterocycles. The number of aryl methyl sites for hydroxylation is 1. The first-order valence-corrected chi connectivity index (χ1v) is 7.19. The number of aromatic amines is 1. The quantitative estimate of drug-likeness (QED) is 0.723. The van der Waals surface area contributed by atoms with Gasteiger partial charge in [0.25, 0.3) is 5.91 Å². The highest BCUT2D eigenvalue weighted by Crippen LogP contribution is 2.07. The van der Waals surface area contributed by atoms with E-state index < -0.39 is 9.84 Å². The zero-order valence-electron chi connectivity index (χ0n) is 9.51. The Bertz CT molecular complexity index is 522. The lowest BCUT2D eigenvalue weighted by atomic mass is 10.4. The van der Waals surface area contributed by atoms with E-state index in [0.29, 0.717) is 18.8 Å². The van der Waals surface area contributed by atoms with Crippen LogP contribution < -0.4 is 0 Å². The summed E-state index contributed by atoms with van der Waals surface area (Å²) in [5, 5.41) is 6.37. The fourth-order valence-electron chi connectivity index (χ4n) is 1.72. The number of hydrogen-bond donors (Lipinski definition) is 1. The maximum absolute atomic E-state index is 12.0. The van der Waals surface area contributed by atoms with Gasteiger partial charge in [0.05, 0.1) is 11.5 Å². The van der Waals surface area contributed by atoms with Crippen LogP contribution >= 0.6 is 0 Å². The van der Waals surface area contributed by atoms with Crippen molar-refractivity contribution in [3.05, 3.63) is 11.6 Å². The second-order valence-electron chi connectivity index (χ2n) is 4.04. The Morgan fingerprint density at radius 3 is 2.76 bits per heavy atom. The van der Waals surface area contributed by atoms with Gasteiger partial charge in [-0.2, -0.15) is 0 Å². The van der Waals surface area contributed by atoms with Gasteiger partial charge in [-0.3, -0.25) is 9.89 Å². The first kappa shape index (κ1) is 12.0.